The molecule has 1 N–H and O–H groups in total. The average molecular weight is 256 g/mol. The number of hydrogen-bond acceptors (Lipinski definition) is 3. The predicted octanol–water partition coefficient (Wildman–Crippen LogP) is 0.768. The monoisotopic (exact) mass is 256 g/mol. The first-order valence-electron chi connectivity index (χ1n) is 6.53. The van der Waals surface area contributed by atoms with Gasteiger partial charge in [-0.15, -0.1) is 0 Å². The second-order valence-corrected chi connectivity index (χ2v) is 4.87. The van der Waals surface area contributed by atoms with Gasteiger partial charge in [-0.3, -0.25) is 0 Å². The molecule has 1 unspecified atom stereocenters. The Bertz CT molecular complexity index is 321. The Morgan fingerprint density at radius 3 is 3.00 bits per heavy atom. The molecule has 102 valence electrons. The topological polar surface area (TPSA) is 70.1 Å². The molecule has 2 saturated heterocycles. The molecule has 2 fully saturated rings. The van der Waals surface area contributed by atoms with E-state index in [4.69, 9.17) is 9.84 Å². The van der Waals surface area contributed by atoms with Crippen LogP contribution in [0.5, 0.6) is 0 Å². The fraction of sp³-hybridized carbons (Fsp3) is 0.833. The number of carbonyl (C=O) groups is 2. The summed E-state index contributed by atoms with van der Waals surface area (Å²) < 4.78 is 4.96. The standard InChI is InChI=1S/C12H20N2O4/c15-11(16)9-18-7-3-5-13-8-10-4-1-2-6-14(10)12(13)17/h10H,1-9H2,(H,15,16). The SMILES string of the molecule is O=C(O)COCCCN1CC2CCCCN2C1=O. The van der Waals surface area contributed by atoms with E-state index in [1.807, 2.05) is 9.80 Å². The molecule has 0 radical (unpaired) electrons. The number of piperidine rings is 1. The van der Waals surface area contributed by atoms with Crippen LogP contribution in [-0.4, -0.2) is 65.8 Å². The summed E-state index contributed by atoms with van der Waals surface area (Å²) in [6.07, 6.45) is 4.12. The van der Waals surface area contributed by atoms with Crippen LogP contribution in [0.4, 0.5) is 4.79 Å². The Balaban J connectivity index is 1.67. The molecule has 6 heteroatoms. The van der Waals surface area contributed by atoms with Crippen molar-refractivity contribution in [3.8, 4) is 0 Å². The smallest absolute Gasteiger partial charge is 0.329 e. The van der Waals surface area contributed by atoms with Gasteiger partial charge in [0.25, 0.3) is 0 Å². The van der Waals surface area contributed by atoms with Crippen molar-refractivity contribution in [3.05, 3.63) is 0 Å². The molecule has 0 bridgehead atoms. The van der Waals surface area contributed by atoms with Crippen LogP contribution in [0.1, 0.15) is 25.7 Å². The van der Waals surface area contributed by atoms with Crippen molar-refractivity contribution >= 4 is 12.0 Å². The highest BCUT2D eigenvalue weighted by molar-refractivity contribution is 5.77. The van der Waals surface area contributed by atoms with E-state index in [2.05, 4.69) is 0 Å². The van der Waals surface area contributed by atoms with Crippen LogP contribution in [0.2, 0.25) is 0 Å². The van der Waals surface area contributed by atoms with E-state index in [-0.39, 0.29) is 12.6 Å². The molecule has 0 saturated carbocycles. The van der Waals surface area contributed by atoms with Crippen LogP contribution < -0.4 is 0 Å². The Labute approximate surface area is 106 Å². The molecule has 18 heavy (non-hydrogen) atoms. The van der Waals surface area contributed by atoms with Crippen molar-refractivity contribution in [2.24, 2.45) is 0 Å². The Hall–Kier alpha value is -1.30. The summed E-state index contributed by atoms with van der Waals surface area (Å²) in [5, 5.41) is 8.41. The molecule has 0 aromatic carbocycles. The number of fused-ring (bicyclic) bond motifs is 1. The molecular weight excluding hydrogens is 236 g/mol. The number of amides is 2. The molecule has 0 aliphatic carbocycles. The number of carbonyl (C=O) groups excluding carboxylic acids is 1. The molecule has 2 aliphatic heterocycles. The first-order valence-corrected chi connectivity index (χ1v) is 6.53. The maximum absolute atomic E-state index is 12.0. The lowest BCUT2D eigenvalue weighted by molar-refractivity contribution is -0.142. The van der Waals surface area contributed by atoms with Gasteiger partial charge in [-0.2, -0.15) is 0 Å². The number of urea groups is 1. The minimum atomic E-state index is -0.954. The van der Waals surface area contributed by atoms with E-state index in [0.29, 0.717) is 25.6 Å². The summed E-state index contributed by atoms with van der Waals surface area (Å²) in [7, 11) is 0. The van der Waals surface area contributed by atoms with Crippen molar-refractivity contribution in [2.45, 2.75) is 31.7 Å². The van der Waals surface area contributed by atoms with Crippen LogP contribution in [0.25, 0.3) is 0 Å². The normalized spacial score (nSPS) is 23.3. The fourth-order valence-corrected chi connectivity index (χ4v) is 2.66. The number of aliphatic carboxylic acids is 1. The number of hydrogen-bond donors (Lipinski definition) is 1. The van der Waals surface area contributed by atoms with E-state index in [1.165, 1.54) is 6.42 Å². The maximum Gasteiger partial charge on any atom is 0.329 e. The third-order valence-corrected chi connectivity index (χ3v) is 3.52. The Morgan fingerprint density at radius 1 is 1.44 bits per heavy atom. The van der Waals surface area contributed by atoms with E-state index < -0.39 is 5.97 Å². The molecule has 6 nitrogen and oxygen atoms in total. The second kappa shape index (κ2) is 6.04. The summed E-state index contributed by atoms with van der Waals surface area (Å²) in [5.41, 5.74) is 0. The first kappa shape index (κ1) is 13.1. The first-order chi connectivity index (χ1) is 8.68. The highest BCUT2D eigenvalue weighted by atomic mass is 16.5. The summed E-state index contributed by atoms with van der Waals surface area (Å²) in [6.45, 7) is 2.49. The molecule has 0 aromatic heterocycles. The average Bonchev–Trinajstić information content (AvgIpc) is 2.66. The van der Waals surface area contributed by atoms with Gasteiger partial charge in [0, 0.05) is 26.2 Å². The molecule has 0 spiro atoms. The largest absolute Gasteiger partial charge is 0.480 e. The van der Waals surface area contributed by atoms with Crippen LogP contribution in [0.15, 0.2) is 0 Å². The number of ether oxygens (including phenoxy) is 1. The zero-order valence-electron chi connectivity index (χ0n) is 10.5. The van der Waals surface area contributed by atoms with E-state index in [1.54, 1.807) is 0 Å². The predicted molar refractivity (Wildman–Crippen MR) is 64.4 cm³/mol. The Kier molecular flexibility index (Phi) is 4.41. The van der Waals surface area contributed by atoms with Crippen LogP contribution >= 0.6 is 0 Å². The minimum Gasteiger partial charge on any atom is -0.480 e. The van der Waals surface area contributed by atoms with Crippen LogP contribution in [0, 0.1) is 0 Å². The minimum absolute atomic E-state index is 0.137. The lowest BCUT2D eigenvalue weighted by Gasteiger charge is -2.27. The van der Waals surface area contributed by atoms with Crippen LogP contribution in [-0.2, 0) is 9.53 Å². The van der Waals surface area contributed by atoms with Crippen molar-refractivity contribution < 1.29 is 19.4 Å². The number of carboxylic acids is 1. The number of nitrogens with zero attached hydrogens (tertiary/aromatic N) is 2. The van der Waals surface area contributed by atoms with Crippen LogP contribution in [0.3, 0.4) is 0 Å². The van der Waals surface area contributed by atoms with Crippen molar-refractivity contribution in [1.29, 1.82) is 0 Å². The highest BCUT2D eigenvalue weighted by Gasteiger charge is 2.37. The lowest BCUT2D eigenvalue weighted by Crippen LogP contribution is -2.38. The molecule has 1 atom stereocenters. The fourth-order valence-electron chi connectivity index (χ4n) is 2.66. The summed E-state index contributed by atoms with van der Waals surface area (Å²) >= 11 is 0. The second-order valence-electron chi connectivity index (χ2n) is 4.87. The van der Waals surface area contributed by atoms with Gasteiger partial charge in [0.2, 0.25) is 0 Å². The van der Waals surface area contributed by atoms with E-state index >= 15 is 0 Å². The maximum atomic E-state index is 12.0. The van der Waals surface area contributed by atoms with Gasteiger partial charge in [0.05, 0.1) is 6.04 Å². The van der Waals surface area contributed by atoms with E-state index in [9.17, 15) is 9.59 Å². The molecular formula is C12H20N2O4. The molecule has 2 aliphatic rings. The summed E-state index contributed by atoms with van der Waals surface area (Å²) in [6, 6.07) is 0.532. The third kappa shape index (κ3) is 3.13. The highest BCUT2D eigenvalue weighted by Crippen LogP contribution is 2.25. The molecule has 2 heterocycles. The van der Waals surface area contributed by atoms with Gasteiger partial charge in [-0.25, -0.2) is 9.59 Å². The van der Waals surface area contributed by atoms with Crippen molar-refractivity contribution in [2.75, 3.05) is 32.8 Å². The third-order valence-electron chi connectivity index (χ3n) is 3.52. The van der Waals surface area contributed by atoms with Gasteiger partial charge < -0.3 is 19.6 Å². The number of carboxylic acid groups (broad SMARTS) is 1. The summed E-state index contributed by atoms with van der Waals surface area (Å²) in [4.78, 5) is 26.1. The zero-order chi connectivity index (χ0) is 13.0. The number of rotatable bonds is 6. The summed E-state index contributed by atoms with van der Waals surface area (Å²) in [5.74, 6) is -0.954. The van der Waals surface area contributed by atoms with Gasteiger partial charge in [0.15, 0.2) is 0 Å². The zero-order valence-corrected chi connectivity index (χ0v) is 10.5. The lowest BCUT2D eigenvalue weighted by atomic mass is 10.0. The molecule has 2 amide bonds. The van der Waals surface area contributed by atoms with Gasteiger partial charge in [-0.1, -0.05) is 0 Å². The Morgan fingerprint density at radius 2 is 2.28 bits per heavy atom. The van der Waals surface area contributed by atoms with Crippen molar-refractivity contribution in [3.63, 3.8) is 0 Å². The van der Waals surface area contributed by atoms with Gasteiger partial charge in [0.1, 0.15) is 6.61 Å². The van der Waals surface area contributed by atoms with Crippen molar-refractivity contribution in [1.82, 2.24) is 9.80 Å². The molecule has 2 rings (SSSR count). The van der Waals surface area contributed by atoms with Gasteiger partial charge >= 0.3 is 12.0 Å². The van der Waals surface area contributed by atoms with Gasteiger partial charge in [-0.05, 0) is 25.7 Å². The quantitative estimate of drug-likeness (QED) is 0.713. The molecule has 0 aromatic rings. The van der Waals surface area contributed by atoms with E-state index in [0.717, 1.165) is 25.9 Å².